The Morgan fingerprint density at radius 1 is 1.40 bits per heavy atom. The van der Waals surface area contributed by atoms with Crippen molar-refractivity contribution < 1.29 is 14.7 Å². The van der Waals surface area contributed by atoms with E-state index in [1.54, 1.807) is 4.90 Å². The molecule has 1 N–H and O–H groups in total. The highest BCUT2D eigenvalue weighted by Crippen LogP contribution is 2.21. The van der Waals surface area contributed by atoms with Gasteiger partial charge in [0.1, 0.15) is 5.69 Å². The minimum atomic E-state index is -1.11. The van der Waals surface area contributed by atoms with E-state index in [2.05, 4.69) is 11.9 Å². The average Bonchev–Trinajstić information content (AvgIpc) is 2.71. The first-order valence-electron chi connectivity index (χ1n) is 7.11. The van der Waals surface area contributed by atoms with Gasteiger partial charge in [0.15, 0.2) is 0 Å². The van der Waals surface area contributed by atoms with Crippen LogP contribution in [0, 0.1) is 5.92 Å². The van der Waals surface area contributed by atoms with Gasteiger partial charge in [0.25, 0.3) is 5.91 Å². The van der Waals surface area contributed by atoms with E-state index in [-0.39, 0.29) is 17.2 Å². The summed E-state index contributed by atoms with van der Waals surface area (Å²) in [5.74, 6) is -0.710. The third kappa shape index (κ3) is 3.15. The maximum absolute atomic E-state index is 12.5. The fourth-order valence-corrected chi connectivity index (χ4v) is 2.67. The maximum Gasteiger partial charge on any atom is 0.338 e. The summed E-state index contributed by atoms with van der Waals surface area (Å²) in [4.78, 5) is 29.4. The fraction of sp³-hybridized carbons (Fsp3) is 0.533. The molecular weight excluding hydrogens is 256 g/mol. The SMILES string of the molecule is CCC1CCCN(C(=O)c2ncccc2C(=O)O)CC1. The smallest absolute Gasteiger partial charge is 0.338 e. The van der Waals surface area contributed by atoms with Gasteiger partial charge in [0, 0.05) is 19.3 Å². The van der Waals surface area contributed by atoms with Gasteiger partial charge in [-0.15, -0.1) is 0 Å². The molecule has 5 heteroatoms. The van der Waals surface area contributed by atoms with E-state index in [9.17, 15) is 9.59 Å². The zero-order chi connectivity index (χ0) is 14.5. The van der Waals surface area contributed by atoms with Crippen molar-refractivity contribution >= 4 is 11.9 Å². The number of nitrogens with zero attached hydrogens (tertiary/aromatic N) is 2. The van der Waals surface area contributed by atoms with Crippen LogP contribution < -0.4 is 0 Å². The van der Waals surface area contributed by atoms with Crippen LogP contribution in [0.15, 0.2) is 18.3 Å². The van der Waals surface area contributed by atoms with Gasteiger partial charge < -0.3 is 10.0 Å². The molecule has 1 aliphatic heterocycles. The molecule has 1 aromatic rings. The number of carboxylic acids is 1. The lowest BCUT2D eigenvalue weighted by Gasteiger charge is -2.20. The quantitative estimate of drug-likeness (QED) is 0.920. The minimum absolute atomic E-state index is 0.0196. The molecule has 0 radical (unpaired) electrons. The van der Waals surface area contributed by atoms with E-state index >= 15 is 0 Å². The Morgan fingerprint density at radius 2 is 2.20 bits per heavy atom. The summed E-state index contributed by atoms with van der Waals surface area (Å²) in [6.07, 6.45) is 5.68. The number of rotatable bonds is 3. The van der Waals surface area contributed by atoms with E-state index in [4.69, 9.17) is 5.11 Å². The van der Waals surface area contributed by atoms with Gasteiger partial charge in [-0.05, 0) is 37.3 Å². The topological polar surface area (TPSA) is 70.5 Å². The molecule has 108 valence electrons. The molecule has 0 aliphatic carbocycles. The molecule has 1 amide bonds. The third-order valence-corrected chi connectivity index (χ3v) is 3.95. The third-order valence-electron chi connectivity index (χ3n) is 3.95. The van der Waals surface area contributed by atoms with Gasteiger partial charge in [-0.3, -0.25) is 9.78 Å². The molecule has 1 aromatic heterocycles. The van der Waals surface area contributed by atoms with Crippen LogP contribution >= 0.6 is 0 Å². The standard InChI is InChI=1S/C15H20N2O3/c1-2-11-5-4-9-17(10-7-11)14(18)13-12(15(19)20)6-3-8-16-13/h3,6,8,11H,2,4-5,7,9-10H2,1H3,(H,19,20). The molecule has 1 aliphatic rings. The lowest BCUT2D eigenvalue weighted by molar-refractivity contribution is 0.0673. The molecular formula is C15H20N2O3. The summed E-state index contributed by atoms with van der Waals surface area (Å²) in [7, 11) is 0. The Bertz CT molecular complexity index is 502. The summed E-state index contributed by atoms with van der Waals surface area (Å²) >= 11 is 0. The number of likely N-dealkylation sites (tertiary alicyclic amines) is 1. The van der Waals surface area contributed by atoms with E-state index in [0.29, 0.717) is 19.0 Å². The first kappa shape index (κ1) is 14.5. The van der Waals surface area contributed by atoms with Crippen LogP contribution in [-0.4, -0.2) is 40.0 Å². The number of carboxylic acid groups (broad SMARTS) is 1. The Kier molecular flexibility index (Phi) is 4.71. The second-order valence-electron chi connectivity index (χ2n) is 5.20. The Balaban J connectivity index is 2.17. The number of hydrogen-bond acceptors (Lipinski definition) is 3. The summed E-state index contributed by atoms with van der Waals surface area (Å²) in [6.45, 7) is 3.54. The number of pyridine rings is 1. The van der Waals surface area contributed by atoms with Crippen molar-refractivity contribution in [3.05, 3.63) is 29.6 Å². The van der Waals surface area contributed by atoms with Crippen LogP contribution in [0.1, 0.15) is 53.5 Å². The highest BCUT2D eigenvalue weighted by molar-refractivity contribution is 6.03. The fourth-order valence-electron chi connectivity index (χ4n) is 2.67. The first-order chi connectivity index (χ1) is 9.63. The Labute approximate surface area is 118 Å². The molecule has 2 heterocycles. The van der Waals surface area contributed by atoms with Crippen molar-refractivity contribution in [1.29, 1.82) is 0 Å². The number of hydrogen-bond donors (Lipinski definition) is 1. The lowest BCUT2D eigenvalue weighted by Crippen LogP contribution is -2.33. The van der Waals surface area contributed by atoms with Crippen molar-refractivity contribution in [2.24, 2.45) is 5.92 Å². The zero-order valence-corrected chi connectivity index (χ0v) is 11.7. The van der Waals surface area contributed by atoms with Gasteiger partial charge in [0.05, 0.1) is 5.56 Å². The van der Waals surface area contributed by atoms with Crippen LogP contribution in [0.2, 0.25) is 0 Å². The lowest BCUT2D eigenvalue weighted by atomic mass is 9.98. The molecule has 0 bridgehead atoms. The molecule has 1 saturated heterocycles. The molecule has 1 fully saturated rings. The van der Waals surface area contributed by atoms with Gasteiger partial charge in [0.2, 0.25) is 0 Å². The van der Waals surface area contributed by atoms with Gasteiger partial charge >= 0.3 is 5.97 Å². The van der Waals surface area contributed by atoms with Crippen molar-refractivity contribution in [2.75, 3.05) is 13.1 Å². The van der Waals surface area contributed by atoms with Crippen molar-refractivity contribution in [3.8, 4) is 0 Å². The number of amides is 1. The Hall–Kier alpha value is -1.91. The van der Waals surface area contributed by atoms with Crippen LogP contribution in [0.3, 0.4) is 0 Å². The molecule has 1 unspecified atom stereocenters. The molecule has 20 heavy (non-hydrogen) atoms. The summed E-state index contributed by atoms with van der Waals surface area (Å²) in [6, 6.07) is 2.96. The first-order valence-corrected chi connectivity index (χ1v) is 7.11. The van der Waals surface area contributed by atoms with Crippen LogP contribution in [0.25, 0.3) is 0 Å². The molecule has 1 atom stereocenters. The van der Waals surface area contributed by atoms with Crippen LogP contribution in [0.5, 0.6) is 0 Å². The predicted molar refractivity (Wildman–Crippen MR) is 74.7 cm³/mol. The molecule has 2 rings (SSSR count). The Morgan fingerprint density at radius 3 is 2.90 bits per heavy atom. The van der Waals surface area contributed by atoms with E-state index < -0.39 is 5.97 Å². The van der Waals surface area contributed by atoms with E-state index in [1.807, 2.05) is 0 Å². The number of aromatic nitrogens is 1. The monoisotopic (exact) mass is 276 g/mol. The average molecular weight is 276 g/mol. The second-order valence-corrected chi connectivity index (χ2v) is 5.20. The van der Waals surface area contributed by atoms with Gasteiger partial charge in [-0.2, -0.15) is 0 Å². The molecule has 5 nitrogen and oxygen atoms in total. The number of carbonyl (C=O) groups excluding carboxylic acids is 1. The van der Waals surface area contributed by atoms with E-state index in [1.165, 1.54) is 18.3 Å². The van der Waals surface area contributed by atoms with Gasteiger partial charge in [-0.1, -0.05) is 13.3 Å². The zero-order valence-electron chi connectivity index (χ0n) is 11.7. The second kappa shape index (κ2) is 6.50. The van der Waals surface area contributed by atoms with E-state index in [0.717, 1.165) is 25.7 Å². The largest absolute Gasteiger partial charge is 0.478 e. The highest BCUT2D eigenvalue weighted by Gasteiger charge is 2.25. The van der Waals surface area contributed by atoms with Crippen molar-refractivity contribution in [1.82, 2.24) is 9.88 Å². The minimum Gasteiger partial charge on any atom is -0.478 e. The summed E-state index contributed by atoms with van der Waals surface area (Å²) < 4.78 is 0. The summed E-state index contributed by atoms with van der Waals surface area (Å²) in [5.41, 5.74) is 0.0312. The maximum atomic E-state index is 12.5. The van der Waals surface area contributed by atoms with Crippen molar-refractivity contribution in [2.45, 2.75) is 32.6 Å². The van der Waals surface area contributed by atoms with Crippen LogP contribution in [0.4, 0.5) is 0 Å². The number of carbonyl (C=O) groups is 2. The number of aromatic carboxylic acids is 1. The molecule has 0 saturated carbocycles. The molecule has 0 aromatic carbocycles. The van der Waals surface area contributed by atoms with Gasteiger partial charge in [-0.25, -0.2) is 4.79 Å². The summed E-state index contributed by atoms with van der Waals surface area (Å²) in [5, 5.41) is 9.14. The van der Waals surface area contributed by atoms with Crippen LogP contribution in [-0.2, 0) is 0 Å². The predicted octanol–water partition coefficient (Wildman–Crippen LogP) is 2.43. The highest BCUT2D eigenvalue weighted by atomic mass is 16.4. The normalized spacial score (nSPS) is 19.4. The molecule has 0 spiro atoms. The van der Waals surface area contributed by atoms with Crippen molar-refractivity contribution in [3.63, 3.8) is 0 Å².